The van der Waals surface area contributed by atoms with E-state index in [0.29, 0.717) is 31.5 Å². The van der Waals surface area contributed by atoms with E-state index in [4.69, 9.17) is 0 Å². The van der Waals surface area contributed by atoms with Gasteiger partial charge in [0.05, 0.1) is 5.56 Å². The summed E-state index contributed by atoms with van der Waals surface area (Å²) in [6.07, 6.45) is 3.73. The molecule has 0 unspecified atom stereocenters. The van der Waals surface area contributed by atoms with Crippen LogP contribution in [0.15, 0.2) is 54.6 Å². The van der Waals surface area contributed by atoms with Gasteiger partial charge in [0.25, 0.3) is 5.91 Å². The number of nitrogens with zero attached hydrogens (tertiary/aromatic N) is 1. The lowest BCUT2D eigenvalue weighted by Gasteiger charge is -2.32. The maximum absolute atomic E-state index is 13.8. The third kappa shape index (κ3) is 5.62. The van der Waals surface area contributed by atoms with E-state index in [0.717, 1.165) is 0 Å². The number of piperidine rings is 1. The Morgan fingerprint density at radius 3 is 2.43 bits per heavy atom. The average molecular weight is 418 g/mol. The first-order valence-electron chi connectivity index (χ1n) is 9.50. The zero-order chi connectivity index (χ0) is 21.5. The molecule has 0 aromatic heterocycles. The zero-order valence-corrected chi connectivity index (χ0v) is 16.1. The van der Waals surface area contributed by atoms with Gasteiger partial charge in [-0.05, 0) is 37.1 Å². The normalized spacial score (nSPS) is 14.9. The van der Waals surface area contributed by atoms with E-state index < -0.39 is 12.4 Å². The Kier molecular flexibility index (Phi) is 7.11. The summed E-state index contributed by atoms with van der Waals surface area (Å²) in [6.45, 7) is -2.16. The van der Waals surface area contributed by atoms with Crippen molar-refractivity contribution < 1.29 is 27.5 Å². The Morgan fingerprint density at radius 1 is 1.07 bits per heavy atom. The first-order chi connectivity index (χ1) is 14.4. The second-order valence-electron chi connectivity index (χ2n) is 6.80. The lowest BCUT2D eigenvalue weighted by molar-refractivity contribution is -0.117. The van der Waals surface area contributed by atoms with Crippen molar-refractivity contribution in [2.75, 3.05) is 13.1 Å². The van der Waals surface area contributed by atoms with Crippen LogP contribution in [0.3, 0.4) is 0 Å². The lowest BCUT2D eigenvalue weighted by Crippen LogP contribution is -2.46. The Morgan fingerprint density at radius 2 is 1.73 bits per heavy atom. The number of carbonyl (C=O) groups excluding carboxylic acids is 2. The molecule has 8 heteroatoms. The molecule has 1 fully saturated rings. The van der Waals surface area contributed by atoms with Crippen molar-refractivity contribution in [1.29, 1.82) is 0 Å². The van der Waals surface area contributed by atoms with Crippen molar-refractivity contribution in [1.82, 2.24) is 10.2 Å². The summed E-state index contributed by atoms with van der Waals surface area (Å²) in [7, 11) is 0. The highest BCUT2D eigenvalue weighted by atomic mass is 19.3. The molecule has 0 atom stereocenters. The van der Waals surface area contributed by atoms with Crippen LogP contribution in [-0.2, 0) is 4.79 Å². The number of alkyl halides is 2. The molecule has 3 rings (SSSR count). The molecule has 0 aliphatic carbocycles. The number of nitrogens with one attached hydrogen (secondary N) is 1. The van der Waals surface area contributed by atoms with E-state index in [-0.39, 0.29) is 29.2 Å². The van der Waals surface area contributed by atoms with E-state index in [2.05, 4.69) is 10.1 Å². The van der Waals surface area contributed by atoms with Crippen LogP contribution in [0.4, 0.5) is 13.2 Å². The molecule has 0 radical (unpaired) electrons. The second-order valence-corrected chi connectivity index (χ2v) is 6.80. The fourth-order valence-corrected chi connectivity index (χ4v) is 3.27. The predicted molar refractivity (Wildman–Crippen MR) is 106 cm³/mol. The van der Waals surface area contributed by atoms with Crippen LogP contribution in [0.2, 0.25) is 0 Å². The second kappa shape index (κ2) is 9.96. The van der Waals surface area contributed by atoms with Crippen LogP contribution in [0.1, 0.15) is 28.8 Å². The molecule has 0 bridgehead atoms. The summed E-state index contributed by atoms with van der Waals surface area (Å²) >= 11 is 0. The van der Waals surface area contributed by atoms with E-state index >= 15 is 0 Å². The predicted octanol–water partition coefficient (Wildman–Crippen LogP) is 3.86. The maximum Gasteiger partial charge on any atom is 0.387 e. The fraction of sp³-hybridized carbons (Fsp3) is 0.273. The number of para-hydroxylation sites is 1. The quantitative estimate of drug-likeness (QED) is 0.725. The molecule has 1 aliphatic rings. The number of benzene rings is 2. The minimum absolute atomic E-state index is 0.0171. The molecule has 1 heterocycles. The molecule has 0 spiro atoms. The standard InChI is InChI=1S/C22H21F3N2O3/c23-18-7-3-2-6-17(18)21(29)27-13-11-16(12-14-27)26-20(28)10-9-15-5-1-4-8-19(15)30-22(24)25/h1-10,16,22H,11-14H2,(H,26,28). The average Bonchev–Trinajstić information content (AvgIpc) is 2.73. The monoisotopic (exact) mass is 418 g/mol. The third-order valence-electron chi connectivity index (χ3n) is 4.78. The number of carbonyl (C=O) groups is 2. The van der Waals surface area contributed by atoms with E-state index in [1.54, 1.807) is 29.2 Å². The molecule has 1 aliphatic heterocycles. The molecule has 1 N–H and O–H groups in total. The fourth-order valence-electron chi connectivity index (χ4n) is 3.27. The SMILES string of the molecule is O=C(C=Cc1ccccc1OC(F)F)NC1CCN(C(=O)c2ccccc2F)CC1. The highest BCUT2D eigenvalue weighted by molar-refractivity contribution is 5.94. The minimum Gasteiger partial charge on any atom is -0.434 e. The van der Waals surface area contributed by atoms with Gasteiger partial charge in [-0.2, -0.15) is 8.78 Å². The molecule has 2 aromatic rings. The van der Waals surface area contributed by atoms with Gasteiger partial charge in [0, 0.05) is 30.8 Å². The van der Waals surface area contributed by atoms with Crippen molar-refractivity contribution in [3.63, 3.8) is 0 Å². The van der Waals surface area contributed by atoms with Gasteiger partial charge in [0.1, 0.15) is 11.6 Å². The number of rotatable bonds is 6. The van der Waals surface area contributed by atoms with E-state index in [1.165, 1.54) is 36.4 Å². The van der Waals surface area contributed by atoms with Gasteiger partial charge in [0.15, 0.2) is 0 Å². The molecular weight excluding hydrogens is 397 g/mol. The molecule has 1 saturated heterocycles. The third-order valence-corrected chi connectivity index (χ3v) is 4.78. The zero-order valence-electron chi connectivity index (χ0n) is 16.1. The Labute approximate surface area is 172 Å². The van der Waals surface area contributed by atoms with E-state index in [9.17, 15) is 22.8 Å². The van der Waals surface area contributed by atoms with Gasteiger partial charge in [-0.1, -0.05) is 30.3 Å². The van der Waals surface area contributed by atoms with Gasteiger partial charge in [-0.15, -0.1) is 0 Å². The van der Waals surface area contributed by atoms with Crippen LogP contribution in [0, 0.1) is 5.82 Å². The molecule has 2 aromatic carbocycles. The lowest BCUT2D eigenvalue weighted by atomic mass is 10.0. The highest BCUT2D eigenvalue weighted by Crippen LogP contribution is 2.21. The van der Waals surface area contributed by atoms with Crippen molar-refractivity contribution in [3.8, 4) is 5.75 Å². The molecule has 0 saturated carbocycles. The number of amides is 2. The summed E-state index contributed by atoms with van der Waals surface area (Å²) in [5, 5.41) is 2.83. The van der Waals surface area contributed by atoms with Crippen molar-refractivity contribution in [2.24, 2.45) is 0 Å². The minimum atomic E-state index is -2.95. The van der Waals surface area contributed by atoms with E-state index in [1.807, 2.05) is 0 Å². The van der Waals surface area contributed by atoms with Crippen molar-refractivity contribution >= 4 is 17.9 Å². The number of hydrogen-bond donors (Lipinski definition) is 1. The summed E-state index contributed by atoms with van der Waals surface area (Å²) < 4.78 is 43.1. The van der Waals surface area contributed by atoms with Gasteiger partial charge < -0.3 is 15.0 Å². The van der Waals surface area contributed by atoms with Crippen molar-refractivity contribution in [3.05, 3.63) is 71.6 Å². The van der Waals surface area contributed by atoms with Crippen LogP contribution < -0.4 is 10.1 Å². The van der Waals surface area contributed by atoms with Crippen LogP contribution in [0.5, 0.6) is 5.75 Å². The molecule has 158 valence electrons. The Hall–Kier alpha value is -3.29. The van der Waals surface area contributed by atoms with Crippen molar-refractivity contribution in [2.45, 2.75) is 25.5 Å². The molecule has 30 heavy (non-hydrogen) atoms. The van der Waals surface area contributed by atoms with Crippen LogP contribution >= 0.6 is 0 Å². The largest absolute Gasteiger partial charge is 0.434 e. The van der Waals surface area contributed by atoms with Gasteiger partial charge in [0.2, 0.25) is 5.91 Å². The smallest absolute Gasteiger partial charge is 0.387 e. The first-order valence-corrected chi connectivity index (χ1v) is 9.50. The topological polar surface area (TPSA) is 58.6 Å². The number of halogens is 3. The molecular formula is C22H21F3N2O3. The Balaban J connectivity index is 1.52. The number of likely N-dealkylation sites (tertiary alicyclic amines) is 1. The first kappa shape index (κ1) is 21.4. The summed E-state index contributed by atoms with van der Waals surface area (Å²) in [5.74, 6) is -1.31. The van der Waals surface area contributed by atoms with Crippen LogP contribution in [0.25, 0.3) is 6.08 Å². The van der Waals surface area contributed by atoms with Crippen LogP contribution in [-0.4, -0.2) is 42.5 Å². The van der Waals surface area contributed by atoms with Gasteiger partial charge in [-0.3, -0.25) is 9.59 Å². The highest BCUT2D eigenvalue weighted by Gasteiger charge is 2.25. The maximum atomic E-state index is 13.8. The number of ether oxygens (including phenoxy) is 1. The Bertz CT molecular complexity index is 925. The molecule has 2 amide bonds. The molecule has 5 nitrogen and oxygen atoms in total. The van der Waals surface area contributed by atoms with Gasteiger partial charge in [-0.25, -0.2) is 4.39 Å². The summed E-state index contributed by atoms with van der Waals surface area (Å²) in [6, 6.07) is 11.9. The van der Waals surface area contributed by atoms with Gasteiger partial charge >= 0.3 is 6.61 Å². The number of hydrogen-bond acceptors (Lipinski definition) is 3. The summed E-state index contributed by atoms with van der Waals surface area (Å²) in [5.41, 5.74) is 0.394. The summed E-state index contributed by atoms with van der Waals surface area (Å²) in [4.78, 5) is 26.2.